The molecule has 30 heavy (non-hydrogen) atoms. The lowest BCUT2D eigenvalue weighted by atomic mass is 10.1. The Morgan fingerprint density at radius 2 is 1.67 bits per heavy atom. The van der Waals surface area contributed by atoms with Crippen LogP contribution in [0.3, 0.4) is 0 Å². The molecule has 0 saturated carbocycles. The second kappa shape index (κ2) is 7.40. The van der Waals surface area contributed by atoms with Gasteiger partial charge in [0.25, 0.3) is 5.56 Å². The van der Waals surface area contributed by atoms with E-state index in [1.807, 2.05) is 66.7 Å². The molecule has 1 N–H and O–H groups in total. The van der Waals surface area contributed by atoms with E-state index >= 15 is 0 Å². The number of nitrogens with one attached hydrogen (secondary N) is 1. The Labute approximate surface area is 172 Å². The molecule has 1 aliphatic heterocycles. The van der Waals surface area contributed by atoms with Crippen LogP contribution in [0.2, 0.25) is 0 Å². The smallest absolute Gasteiger partial charge is 0.300 e. The van der Waals surface area contributed by atoms with E-state index in [1.165, 1.54) is 24.3 Å². The summed E-state index contributed by atoms with van der Waals surface area (Å²) >= 11 is 0. The van der Waals surface area contributed by atoms with Gasteiger partial charge in [0.05, 0.1) is 0 Å². The summed E-state index contributed by atoms with van der Waals surface area (Å²) in [5.74, 6) is 0.118. The highest BCUT2D eigenvalue weighted by Gasteiger charge is 2.25. The third-order valence-electron chi connectivity index (χ3n) is 4.96. The van der Waals surface area contributed by atoms with Crippen molar-refractivity contribution in [3.05, 3.63) is 107 Å². The number of nitrogens with zero attached hydrogens (tertiary/aromatic N) is 3. The summed E-state index contributed by atoms with van der Waals surface area (Å²) < 4.78 is 15.0. The van der Waals surface area contributed by atoms with E-state index in [9.17, 15) is 9.18 Å². The molecule has 0 unspecified atom stereocenters. The van der Waals surface area contributed by atoms with E-state index in [-0.39, 0.29) is 17.7 Å². The second-order valence-corrected chi connectivity index (χ2v) is 6.95. The van der Waals surface area contributed by atoms with Crippen LogP contribution in [-0.4, -0.2) is 14.8 Å². The van der Waals surface area contributed by atoms with Crippen LogP contribution >= 0.6 is 0 Å². The van der Waals surface area contributed by atoms with Gasteiger partial charge < -0.3 is 5.32 Å². The topological polar surface area (TPSA) is 59.8 Å². The molecule has 0 fully saturated rings. The van der Waals surface area contributed by atoms with Gasteiger partial charge in [0.2, 0.25) is 0 Å². The van der Waals surface area contributed by atoms with Gasteiger partial charge in [0, 0.05) is 16.8 Å². The highest BCUT2D eigenvalue weighted by atomic mass is 19.1. The molecule has 146 valence electrons. The lowest BCUT2D eigenvalue weighted by Crippen LogP contribution is -2.30. The Hall–Kier alpha value is -4.06. The lowest BCUT2D eigenvalue weighted by molar-refractivity contribution is 0.565. The van der Waals surface area contributed by atoms with Crippen molar-refractivity contribution in [2.45, 2.75) is 6.17 Å². The summed E-state index contributed by atoms with van der Waals surface area (Å²) in [5, 5.41) is 8.05. The minimum atomic E-state index is -0.449. The van der Waals surface area contributed by atoms with Gasteiger partial charge in [-0.1, -0.05) is 48.5 Å². The molecule has 5 rings (SSSR count). The molecule has 4 aromatic rings. The molecule has 6 heteroatoms. The van der Waals surface area contributed by atoms with Crippen molar-refractivity contribution in [3.63, 3.8) is 0 Å². The number of para-hydroxylation sites is 1. The van der Waals surface area contributed by atoms with Crippen molar-refractivity contribution in [2.24, 2.45) is 0 Å². The minimum Gasteiger partial charge on any atom is -0.360 e. The third kappa shape index (κ3) is 3.28. The largest absolute Gasteiger partial charge is 0.360 e. The van der Waals surface area contributed by atoms with E-state index in [2.05, 4.69) is 15.4 Å². The first-order valence-electron chi connectivity index (χ1n) is 9.55. The maximum Gasteiger partial charge on any atom is 0.300 e. The molecule has 0 radical (unpaired) electrons. The molecular weight excluding hydrogens is 379 g/mol. The first kappa shape index (κ1) is 18.0. The molecule has 0 aliphatic carbocycles. The van der Waals surface area contributed by atoms with Gasteiger partial charge in [-0.2, -0.15) is 10.1 Å². The summed E-state index contributed by atoms with van der Waals surface area (Å²) in [6, 6.07) is 23.3. The van der Waals surface area contributed by atoms with Crippen LogP contribution in [0.5, 0.6) is 0 Å². The molecule has 1 aliphatic rings. The van der Waals surface area contributed by atoms with Gasteiger partial charge in [-0.3, -0.25) is 4.79 Å². The Kier molecular flexibility index (Phi) is 4.44. The highest BCUT2D eigenvalue weighted by Crippen LogP contribution is 2.34. The summed E-state index contributed by atoms with van der Waals surface area (Å²) in [6.07, 6.45) is 3.62. The van der Waals surface area contributed by atoms with Gasteiger partial charge in [0.1, 0.15) is 12.0 Å². The third-order valence-corrected chi connectivity index (χ3v) is 4.96. The fraction of sp³-hybridized carbons (Fsp3) is 0.0417. The molecule has 0 bridgehead atoms. The molecule has 1 atom stereocenters. The van der Waals surface area contributed by atoms with E-state index in [1.54, 1.807) is 4.68 Å². The Morgan fingerprint density at radius 1 is 0.933 bits per heavy atom. The lowest BCUT2D eigenvalue weighted by Gasteiger charge is -2.28. The highest BCUT2D eigenvalue weighted by molar-refractivity contribution is 5.76. The number of rotatable bonds is 3. The van der Waals surface area contributed by atoms with Crippen LogP contribution in [0.1, 0.15) is 11.7 Å². The predicted molar refractivity (Wildman–Crippen MR) is 115 cm³/mol. The number of fused-ring (bicyclic) bond motifs is 3. The zero-order valence-electron chi connectivity index (χ0n) is 15.9. The van der Waals surface area contributed by atoms with Crippen molar-refractivity contribution in [3.8, 4) is 22.6 Å². The zero-order chi connectivity index (χ0) is 20.5. The van der Waals surface area contributed by atoms with E-state index in [0.29, 0.717) is 11.4 Å². The van der Waals surface area contributed by atoms with Crippen molar-refractivity contribution in [1.82, 2.24) is 14.8 Å². The first-order valence-corrected chi connectivity index (χ1v) is 9.55. The monoisotopic (exact) mass is 396 g/mol. The number of hydrogen-bond acceptors (Lipinski definition) is 4. The van der Waals surface area contributed by atoms with Gasteiger partial charge in [0.15, 0.2) is 11.5 Å². The first-order chi connectivity index (χ1) is 14.7. The Bertz CT molecular complexity index is 1300. The molecule has 2 heterocycles. The number of anilines is 1. The van der Waals surface area contributed by atoms with Crippen LogP contribution in [0, 0.1) is 5.82 Å². The van der Waals surface area contributed by atoms with E-state index < -0.39 is 5.56 Å². The van der Waals surface area contributed by atoms with Gasteiger partial charge in [-0.25, -0.2) is 9.07 Å². The SMILES string of the molecule is O=c1nc2n(nc1-c1ccc(F)cc1)[C@@H](/C=C\c1ccccc1)Nc1ccccc1-2. The van der Waals surface area contributed by atoms with Crippen molar-refractivity contribution in [1.29, 1.82) is 0 Å². The van der Waals surface area contributed by atoms with Crippen molar-refractivity contribution >= 4 is 11.8 Å². The number of benzene rings is 3. The Morgan fingerprint density at radius 3 is 2.47 bits per heavy atom. The predicted octanol–water partition coefficient (Wildman–Crippen LogP) is 4.75. The average Bonchev–Trinajstić information content (AvgIpc) is 2.78. The fourth-order valence-corrected chi connectivity index (χ4v) is 3.49. The minimum absolute atomic E-state index is 0.179. The van der Waals surface area contributed by atoms with Crippen LogP contribution in [-0.2, 0) is 0 Å². The summed E-state index contributed by atoms with van der Waals surface area (Å²) in [5.41, 5.74) is 2.98. The van der Waals surface area contributed by atoms with Crippen LogP contribution in [0.4, 0.5) is 10.1 Å². The fourth-order valence-electron chi connectivity index (χ4n) is 3.49. The molecule has 1 aromatic heterocycles. The molecular formula is C24H17FN4O. The maximum absolute atomic E-state index is 13.3. The van der Waals surface area contributed by atoms with E-state index in [0.717, 1.165) is 16.8 Å². The average molecular weight is 396 g/mol. The maximum atomic E-state index is 13.3. The molecule has 5 nitrogen and oxygen atoms in total. The van der Waals surface area contributed by atoms with Crippen LogP contribution in [0.25, 0.3) is 28.7 Å². The molecule has 0 saturated heterocycles. The van der Waals surface area contributed by atoms with Crippen molar-refractivity contribution < 1.29 is 4.39 Å². The van der Waals surface area contributed by atoms with Crippen LogP contribution < -0.4 is 10.9 Å². The summed E-state index contributed by atoms with van der Waals surface area (Å²) in [6.45, 7) is 0. The quantitative estimate of drug-likeness (QED) is 0.543. The number of halogens is 1. The van der Waals surface area contributed by atoms with Crippen LogP contribution in [0.15, 0.2) is 89.7 Å². The Balaban J connectivity index is 1.65. The summed E-state index contributed by atoms with van der Waals surface area (Å²) in [7, 11) is 0. The molecule has 0 spiro atoms. The summed E-state index contributed by atoms with van der Waals surface area (Å²) in [4.78, 5) is 17.1. The van der Waals surface area contributed by atoms with Gasteiger partial charge in [-0.15, -0.1) is 0 Å². The number of hydrogen-bond donors (Lipinski definition) is 1. The van der Waals surface area contributed by atoms with E-state index in [4.69, 9.17) is 0 Å². The van der Waals surface area contributed by atoms with Crippen molar-refractivity contribution in [2.75, 3.05) is 5.32 Å². The zero-order valence-corrected chi connectivity index (χ0v) is 15.9. The van der Waals surface area contributed by atoms with Gasteiger partial charge in [-0.05, 0) is 48.0 Å². The molecule has 3 aromatic carbocycles. The second-order valence-electron chi connectivity index (χ2n) is 6.95. The normalized spacial score (nSPS) is 14.8. The van der Waals surface area contributed by atoms with Gasteiger partial charge >= 0.3 is 0 Å². The molecule has 0 amide bonds. The number of aromatic nitrogens is 3. The standard InChI is InChI=1S/C24H17FN4O/c25-18-13-11-17(12-14-18)22-24(30)27-23-19-8-4-5-9-20(19)26-21(29(23)28-22)15-10-16-6-2-1-3-7-16/h1-15,21,26H/b15-10-/t21-/m0/s1.